The Kier molecular flexibility index (Phi) is 17.5. The van der Waals surface area contributed by atoms with E-state index in [1.807, 2.05) is 72.8 Å². The Morgan fingerprint density at radius 2 is 1.47 bits per heavy atom. The molecule has 15 nitrogen and oxygen atoms in total. The minimum atomic E-state index is -0.679. The van der Waals surface area contributed by atoms with E-state index in [-0.39, 0.29) is 30.9 Å². The first kappa shape index (κ1) is 46.0. The zero-order valence-corrected chi connectivity index (χ0v) is 35.5. The van der Waals surface area contributed by atoms with Crippen LogP contribution in [0.3, 0.4) is 0 Å². The molecule has 1 aliphatic rings. The van der Waals surface area contributed by atoms with Gasteiger partial charge in [0.2, 0.25) is 11.8 Å². The number of hydrogen-bond donors (Lipinski definition) is 5. The monoisotopic (exact) mass is 847 g/mol. The number of carbonyl (C=O) groups excluding carboxylic acids is 4. The summed E-state index contributed by atoms with van der Waals surface area (Å²) >= 11 is 0. The van der Waals surface area contributed by atoms with Gasteiger partial charge in [0.05, 0.1) is 61.8 Å². The normalized spacial score (nSPS) is 12.9. The smallest absolute Gasteiger partial charge is 0.407 e. The van der Waals surface area contributed by atoms with Crippen LogP contribution in [0.5, 0.6) is 0 Å². The molecule has 0 aliphatic carbocycles. The quantitative estimate of drug-likeness (QED) is 0.0723. The highest BCUT2D eigenvalue weighted by molar-refractivity contribution is 5.86. The standard InChI is InChI=1S/C37H40FN9O6.C6H6.C3H8/c1-52-36(50)42-20-33(48)39-14-4-3-7-32-40-18-29(45-32)23-10-13-27-22(16-23)9-12-28(44-27)24-8-11-25(26(38)17-24)30-19-41-35(46-30)31-6-5-15-47(31)34(49)21-43-37(51)53-2;1-2-4-6-5-3-1;1-3-2/h8-13,16-19,31H,3-7,14-15,20-21H2,1-2H3,(H,39,48)(H,40,45)(H,41,46)(H,42,50)(H,43,51);1-6H;3H2,1-2H3. The van der Waals surface area contributed by atoms with E-state index in [4.69, 9.17) is 4.98 Å². The zero-order valence-electron chi connectivity index (χ0n) is 35.5. The average molecular weight is 848 g/mol. The summed E-state index contributed by atoms with van der Waals surface area (Å²) in [5, 5.41) is 8.43. The molecule has 4 amide bonds. The van der Waals surface area contributed by atoms with Crippen molar-refractivity contribution in [1.82, 2.24) is 45.8 Å². The van der Waals surface area contributed by atoms with Gasteiger partial charge in [-0.1, -0.05) is 74.9 Å². The number of hydrogen-bond acceptors (Lipinski definition) is 9. The van der Waals surface area contributed by atoms with Crippen LogP contribution in [0.4, 0.5) is 14.0 Å². The van der Waals surface area contributed by atoms with Gasteiger partial charge < -0.3 is 40.3 Å². The van der Waals surface area contributed by atoms with Crippen molar-refractivity contribution in [3.8, 4) is 33.8 Å². The lowest BCUT2D eigenvalue weighted by molar-refractivity contribution is -0.131. The molecule has 1 fully saturated rings. The third kappa shape index (κ3) is 13.2. The number of benzene rings is 3. The molecule has 6 aromatic rings. The molecule has 1 atom stereocenters. The predicted molar refractivity (Wildman–Crippen MR) is 235 cm³/mol. The Hall–Kier alpha value is -7.10. The number of likely N-dealkylation sites (tertiary alicyclic amines) is 1. The fraction of sp³-hybridized carbons (Fsp3) is 0.326. The van der Waals surface area contributed by atoms with Gasteiger partial charge in [-0.25, -0.2) is 28.9 Å². The van der Waals surface area contributed by atoms with Crippen molar-refractivity contribution >= 4 is 34.9 Å². The minimum Gasteiger partial charge on any atom is -0.453 e. The van der Waals surface area contributed by atoms with Gasteiger partial charge in [-0.3, -0.25) is 9.59 Å². The van der Waals surface area contributed by atoms with E-state index in [0.29, 0.717) is 54.3 Å². The van der Waals surface area contributed by atoms with Gasteiger partial charge in [0.25, 0.3) is 0 Å². The molecule has 1 saturated heterocycles. The molecule has 5 N–H and O–H groups in total. The summed E-state index contributed by atoms with van der Waals surface area (Å²) < 4.78 is 24.5. The molecule has 3 aromatic carbocycles. The first-order valence-electron chi connectivity index (χ1n) is 20.6. The SMILES string of the molecule is CCC.COC(=O)NCC(=O)NCCCCc1ncc(-c2ccc3nc(-c4ccc(-c5cnc(C6CCCN6C(=O)CNC(=O)OC)[nH]5)c(F)c4)ccc3c2)[nH]1.c1ccccc1. The Balaban J connectivity index is 0.000000724. The maximum Gasteiger partial charge on any atom is 0.407 e. The molecular weight excluding hydrogens is 794 g/mol. The first-order chi connectivity index (χ1) is 30.1. The van der Waals surface area contributed by atoms with Crippen molar-refractivity contribution in [1.29, 1.82) is 0 Å². The number of nitrogens with zero attached hydrogens (tertiary/aromatic N) is 4. The Bertz CT molecular complexity index is 2360. The summed E-state index contributed by atoms with van der Waals surface area (Å²) in [4.78, 5) is 69.0. The number of alkyl carbamates (subject to hydrolysis) is 2. The molecule has 0 radical (unpaired) electrons. The number of nitrogens with one attached hydrogen (secondary N) is 5. The van der Waals surface area contributed by atoms with Crippen LogP contribution < -0.4 is 16.0 Å². The number of H-pyrrole nitrogens is 2. The van der Waals surface area contributed by atoms with Crippen LogP contribution in [0.15, 0.2) is 97.3 Å². The van der Waals surface area contributed by atoms with Gasteiger partial charge in [-0.15, -0.1) is 0 Å². The number of aromatic amines is 2. The first-order valence-corrected chi connectivity index (χ1v) is 20.6. The maximum atomic E-state index is 15.6. The third-order valence-corrected chi connectivity index (χ3v) is 9.65. The van der Waals surface area contributed by atoms with Crippen LogP contribution in [0.2, 0.25) is 0 Å². The lowest BCUT2D eigenvalue weighted by Crippen LogP contribution is -2.40. The molecule has 62 heavy (non-hydrogen) atoms. The Morgan fingerprint density at radius 1 is 0.790 bits per heavy atom. The molecule has 1 unspecified atom stereocenters. The summed E-state index contributed by atoms with van der Waals surface area (Å²) in [5.41, 5.74) is 4.67. The number of pyridine rings is 1. The van der Waals surface area contributed by atoms with E-state index >= 15 is 4.39 Å². The van der Waals surface area contributed by atoms with Crippen LogP contribution in [0, 0.1) is 5.82 Å². The van der Waals surface area contributed by atoms with Gasteiger partial charge in [0.15, 0.2) is 0 Å². The molecule has 0 saturated carbocycles. The van der Waals surface area contributed by atoms with Gasteiger partial charge in [-0.2, -0.15) is 0 Å². The van der Waals surface area contributed by atoms with Crippen molar-refractivity contribution in [2.75, 3.05) is 40.4 Å². The van der Waals surface area contributed by atoms with E-state index in [0.717, 1.165) is 47.2 Å². The molecule has 4 heterocycles. The number of ether oxygens (including phenoxy) is 2. The van der Waals surface area contributed by atoms with Crippen LogP contribution in [-0.2, 0) is 25.5 Å². The summed E-state index contributed by atoms with van der Waals surface area (Å²) in [6.07, 6.45) is 7.03. The number of halogens is 1. The van der Waals surface area contributed by atoms with E-state index in [1.54, 1.807) is 23.4 Å². The average Bonchev–Trinajstić information content (AvgIpc) is 4.10. The lowest BCUT2D eigenvalue weighted by Gasteiger charge is -2.23. The molecule has 3 aromatic heterocycles. The fourth-order valence-corrected chi connectivity index (χ4v) is 6.61. The van der Waals surface area contributed by atoms with Crippen LogP contribution in [0.25, 0.3) is 44.7 Å². The number of amides is 4. The van der Waals surface area contributed by atoms with Crippen LogP contribution in [0.1, 0.15) is 63.6 Å². The summed E-state index contributed by atoms with van der Waals surface area (Å²) in [5.74, 6) is 0.421. The van der Waals surface area contributed by atoms with Gasteiger partial charge in [0.1, 0.15) is 24.0 Å². The molecule has 16 heteroatoms. The van der Waals surface area contributed by atoms with Crippen LogP contribution in [-0.4, -0.2) is 94.2 Å². The minimum absolute atomic E-state index is 0.134. The lowest BCUT2D eigenvalue weighted by atomic mass is 10.0. The molecule has 0 spiro atoms. The number of methoxy groups -OCH3 is 2. The second-order valence-electron chi connectivity index (χ2n) is 14.3. The van der Waals surface area contributed by atoms with Crippen LogP contribution >= 0.6 is 0 Å². The number of aromatic nitrogens is 5. The summed E-state index contributed by atoms with van der Waals surface area (Å²) in [6, 6.07) is 26.4. The number of unbranched alkanes of at least 4 members (excludes halogenated alkanes) is 1. The Morgan fingerprint density at radius 3 is 2.16 bits per heavy atom. The number of fused-ring (bicyclic) bond motifs is 1. The topological polar surface area (TPSA) is 196 Å². The van der Waals surface area contributed by atoms with Crippen molar-refractivity contribution in [2.24, 2.45) is 0 Å². The van der Waals surface area contributed by atoms with E-state index in [1.165, 1.54) is 26.7 Å². The largest absolute Gasteiger partial charge is 0.453 e. The number of aryl methyl sites for hydroxylation is 1. The summed E-state index contributed by atoms with van der Waals surface area (Å²) in [6.45, 7) is 4.95. The van der Waals surface area contributed by atoms with Crippen molar-refractivity contribution < 1.29 is 33.0 Å². The van der Waals surface area contributed by atoms with Gasteiger partial charge in [-0.05, 0) is 56.0 Å². The van der Waals surface area contributed by atoms with Crippen molar-refractivity contribution in [3.05, 3.63) is 115 Å². The highest BCUT2D eigenvalue weighted by Gasteiger charge is 2.32. The number of imidazole rings is 2. The highest BCUT2D eigenvalue weighted by Crippen LogP contribution is 2.33. The zero-order chi connectivity index (χ0) is 44.3. The van der Waals surface area contributed by atoms with Gasteiger partial charge in [0, 0.05) is 41.6 Å². The third-order valence-electron chi connectivity index (χ3n) is 9.65. The van der Waals surface area contributed by atoms with E-state index < -0.39 is 18.0 Å². The number of rotatable bonds is 13. The fourth-order valence-electron chi connectivity index (χ4n) is 6.61. The van der Waals surface area contributed by atoms with Crippen molar-refractivity contribution in [2.45, 2.75) is 58.4 Å². The molecule has 7 rings (SSSR count). The molecule has 326 valence electrons. The predicted octanol–water partition coefficient (Wildman–Crippen LogP) is 7.74. The maximum absolute atomic E-state index is 15.6. The molecular formula is C46H54FN9O6. The molecule has 1 aliphatic heterocycles. The number of carbonyl (C=O) groups is 4. The second-order valence-corrected chi connectivity index (χ2v) is 14.3. The molecule has 0 bridgehead atoms. The second kappa shape index (κ2) is 23.6. The van der Waals surface area contributed by atoms with Crippen molar-refractivity contribution in [3.63, 3.8) is 0 Å². The van der Waals surface area contributed by atoms with Gasteiger partial charge >= 0.3 is 12.2 Å². The van der Waals surface area contributed by atoms with E-state index in [9.17, 15) is 19.2 Å². The van der Waals surface area contributed by atoms with E-state index in [2.05, 4.69) is 59.2 Å². The Labute approximate surface area is 360 Å². The highest BCUT2D eigenvalue weighted by atomic mass is 19.1. The summed E-state index contributed by atoms with van der Waals surface area (Å²) in [7, 11) is 2.47.